The number of ether oxygens (including phenoxy) is 1. The Hall–Kier alpha value is -1.82. The monoisotopic (exact) mass is 212 g/mol. The largest absolute Gasteiger partial charge is 0.447 e. The molecule has 0 aromatic carbocycles. The summed E-state index contributed by atoms with van der Waals surface area (Å²) >= 11 is 0. The van der Waals surface area contributed by atoms with Crippen LogP contribution >= 0.6 is 0 Å². The molecule has 0 radical (unpaired) electrons. The molecule has 0 bridgehead atoms. The number of hydrogen-bond donors (Lipinski definition) is 0. The van der Waals surface area contributed by atoms with Gasteiger partial charge in [-0.15, -0.1) is 0 Å². The summed E-state index contributed by atoms with van der Waals surface area (Å²) in [5, 5.41) is 8.86. The van der Waals surface area contributed by atoms with E-state index in [4.69, 9.17) is 10.00 Å². The molecule has 80 valence electrons. The third kappa shape index (κ3) is 1.47. The van der Waals surface area contributed by atoms with E-state index in [0.29, 0.717) is 12.5 Å². The van der Waals surface area contributed by atoms with Crippen LogP contribution in [0.5, 0.6) is 0 Å². The number of aliphatic imine (C=N–C) groups is 1. The predicted molar refractivity (Wildman–Crippen MR) is 60.5 cm³/mol. The zero-order valence-electron chi connectivity index (χ0n) is 8.89. The molecule has 0 amide bonds. The van der Waals surface area contributed by atoms with Gasteiger partial charge in [0.25, 0.3) is 0 Å². The van der Waals surface area contributed by atoms with Gasteiger partial charge >= 0.3 is 0 Å². The number of rotatable bonds is 0. The number of allylic oxidation sites excluding steroid dienone is 4. The first-order valence-electron chi connectivity index (χ1n) is 5.56. The summed E-state index contributed by atoms with van der Waals surface area (Å²) < 4.78 is 5.79. The third-order valence-electron chi connectivity index (χ3n) is 3.25. The summed E-state index contributed by atoms with van der Waals surface area (Å²) in [5.41, 5.74) is 0.760. The van der Waals surface area contributed by atoms with Crippen LogP contribution in [0.1, 0.15) is 12.8 Å². The molecule has 2 aliphatic heterocycles. The van der Waals surface area contributed by atoms with Crippen molar-refractivity contribution < 1.29 is 4.74 Å². The summed E-state index contributed by atoms with van der Waals surface area (Å²) in [6, 6.07) is 2.18. The molecule has 16 heavy (non-hydrogen) atoms. The van der Waals surface area contributed by atoms with E-state index in [0.717, 1.165) is 30.1 Å². The Morgan fingerprint density at radius 3 is 3.31 bits per heavy atom. The molecule has 1 aliphatic carbocycles. The van der Waals surface area contributed by atoms with E-state index in [9.17, 15) is 0 Å². The van der Waals surface area contributed by atoms with Crippen molar-refractivity contribution in [1.82, 2.24) is 0 Å². The van der Waals surface area contributed by atoms with Crippen LogP contribution < -0.4 is 0 Å². The fraction of sp³-hybridized carbons (Fsp3) is 0.385. The highest BCUT2D eigenvalue weighted by Gasteiger charge is 2.33. The first kappa shape index (κ1) is 9.41. The minimum Gasteiger partial charge on any atom is -0.447 e. The second kappa shape index (κ2) is 3.64. The van der Waals surface area contributed by atoms with Crippen LogP contribution in [-0.4, -0.2) is 12.4 Å². The molecule has 1 saturated heterocycles. The van der Waals surface area contributed by atoms with E-state index < -0.39 is 0 Å². The summed E-state index contributed by atoms with van der Waals surface area (Å²) in [7, 11) is 0. The highest BCUT2D eigenvalue weighted by molar-refractivity contribution is 5.84. The van der Waals surface area contributed by atoms with Gasteiger partial charge in [-0.25, -0.2) is 4.99 Å². The SMILES string of the molecule is N#CC1=CC2CC3CC=CC=C3OC2=NC1. The molecule has 0 saturated carbocycles. The van der Waals surface area contributed by atoms with Gasteiger partial charge in [-0.05, 0) is 18.9 Å². The highest BCUT2D eigenvalue weighted by atomic mass is 16.5. The van der Waals surface area contributed by atoms with E-state index in [1.54, 1.807) is 0 Å². The number of fused-ring (bicyclic) bond motifs is 2. The van der Waals surface area contributed by atoms with Crippen LogP contribution in [-0.2, 0) is 4.74 Å². The van der Waals surface area contributed by atoms with Gasteiger partial charge in [0.1, 0.15) is 5.76 Å². The molecule has 2 unspecified atom stereocenters. The zero-order chi connectivity index (χ0) is 11.0. The first-order chi connectivity index (χ1) is 7.86. The topological polar surface area (TPSA) is 45.4 Å². The molecule has 0 N–H and O–H groups in total. The molecule has 1 fully saturated rings. The van der Waals surface area contributed by atoms with Gasteiger partial charge < -0.3 is 4.74 Å². The van der Waals surface area contributed by atoms with Crippen LogP contribution in [0.15, 0.2) is 40.6 Å². The Morgan fingerprint density at radius 2 is 2.44 bits per heavy atom. The quantitative estimate of drug-likeness (QED) is 0.618. The van der Waals surface area contributed by atoms with Crippen LogP contribution in [0, 0.1) is 23.2 Å². The smallest absolute Gasteiger partial charge is 0.197 e. The van der Waals surface area contributed by atoms with Crippen molar-refractivity contribution in [2.75, 3.05) is 6.54 Å². The normalized spacial score (nSPS) is 31.1. The summed E-state index contributed by atoms with van der Waals surface area (Å²) in [6.07, 6.45) is 10.3. The highest BCUT2D eigenvalue weighted by Crippen LogP contribution is 2.36. The Morgan fingerprint density at radius 1 is 1.50 bits per heavy atom. The van der Waals surface area contributed by atoms with Crippen LogP contribution in [0.25, 0.3) is 0 Å². The molecule has 3 aliphatic rings. The molecule has 0 spiro atoms. The van der Waals surface area contributed by atoms with Crippen molar-refractivity contribution in [3.63, 3.8) is 0 Å². The standard InChI is InChI=1S/C13H12N2O/c14-7-9-5-11-6-10-3-1-2-4-12(10)16-13(11)15-8-9/h1-2,4-5,10-11H,3,6,8H2. The molecule has 0 aromatic rings. The second-order valence-corrected chi connectivity index (χ2v) is 4.33. The lowest BCUT2D eigenvalue weighted by molar-refractivity contribution is 0.256. The Balaban J connectivity index is 1.87. The second-order valence-electron chi connectivity index (χ2n) is 4.33. The lowest BCUT2D eigenvalue weighted by atomic mass is 9.84. The maximum atomic E-state index is 8.86. The maximum Gasteiger partial charge on any atom is 0.197 e. The molecular formula is C13H12N2O. The van der Waals surface area contributed by atoms with Gasteiger partial charge in [0.2, 0.25) is 0 Å². The summed E-state index contributed by atoms with van der Waals surface area (Å²) in [5.74, 6) is 2.49. The minimum atomic E-state index is 0.206. The average Bonchev–Trinajstić information content (AvgIpc) is 2.35. The Labute approximate surface area is 94.4 Å². The molecular weight excluding hydrogens is 200 g/mol. The van der Waals surface area contributed by atoms with Gasteiger partial charge in [0.05, 0.1) is 18.5 Å². The zero-order valence-corrected chi connectivity index (χ0v) is 8.89. The minimum absolute atomic E-state index is 0.206. The van der Waals surface area contributed by atoms with E-state index >= 15 is 0 Å². The van der Waals surface area contributed by atoms with E-state index in [1.807, 2.05) is 18.2 Å². The van der Waals surface area contributed by atoms with Crippen molar-refractivity contribution in [3.8, 4) is 6.07 Å². The van der Waals surface area contributed by atoms with E-state index in [2.05, 4.69) is 17.1 Å². The van der Waals surface area contributed by atoms with E-state index in [1.165, 1.54) is 0 Å². The molecule has 3 rings (SSSR count). The van der Waals surface area contributed by atoms with Crippen molar-refractivity contribution >= 4 is 5.90 Å². The summed E-state index contributed by atoms with van der Waals surface area (Å²) in [6.45, 7) is 0.468. The number of hydrogen-bond acceptors (Lipinski definition) is 3. The van der Waals surface area contributed by atoms with Gasteiger partial charge in [-0.2, -0.15) is 5.26 Å². The molecule has 3 nitrogen and oxygen atoms in total. The molecule has 3 heteroatoms. The van der Waals surface area contributed by atoms with Gasteiger partial charge in [0, 0.05) is 11.5 Å². The van der Waals surface area contributed by atoms with Crippen molar-refractivity contribution in [1.29, 1.82) is 5.26 Å². The van der Waals surface area contributed by atoms with E-state index in [-0.39, 0.29) is 5.92 Å². The fourth-order valence-electron chi connectivity index (χ4n) is 2.41. The maximum absolute atomic E-state index is 8.86. The fourth-order valence-corrected chi connectivity index (χ4v) is 2.41. The van der Waals surface area contributed by atoms with Crippen molar-refractivity contribution in [2.24, 2.45) is 16.8 Å². The van der Waals surface area contributed by atoms with Gasteiger partial charge in [-0.1, -0.05) is 18.2 Å². The van der Waals surface area contributed by atoms with Crippen LogP contribution in [0.4, 0.5) is 0 Å². The lowest BCUT2D eigenvalue weighted by Gasteiger charge is -2.33. The van der Waals surface area contributed by atoms with Crippen molar-refractivity contribution in [2.45, 2.75) is 12.8 Å². The van der Waals surface area contributed by atoms with Gasteiger partial charge in [-0.3, -0.25) is 0 Å². The van der Waals surface area contributed by atoms with Crippen molar-refractivity contribution in [3.05, 3.63) is 35.6 Å². The predicted octanol–water partition coefficient (Wildman–Crippen LogP) is 2.34. The van der Waals surface area contributed by atoms with Gasteiger partial charge in [0.15, 0.2) is 5.90 Å². The third-order valence-corrected chi connectivity index (χ3v) is 3.25. The number of dihydropyridines is 1. The lowest BCUT2D eigenvalue weighted by Crippen LogP contribution is -2.31. The number of nitrogens with zero attached hydrogens (tertiary/aromatic N) is 2. The Bertz CT molecular complexity index is 477. The number of nitriles is 1. The first-order valence-corrected chi connectivity index (χ1v) is 5.56. The Kier molecular flexibility index (Phi) is 2.14. The average molecular weight is 212 g/mol. The van der Waals surface area contributed by atoms with Crippen LogP contribution in [0.2, 0.25) is 0 Å². The summed E-state index contributed by atoms with van der Waals surface area (Å²) in [4.78, 5) is 4.33. The molecule has 2 atom stereocenters. The molecule has 0 aromatic heterocycles. The van der Waals surface area contributed by atoms with Crippen LogP contribution in [0.3, 0.4) is 0 Å². The molecule has 2 heterocycles.